The number of piperidine rings is 2. The molecule has 0 saturated carbocycles. The third-order valence-corrected chi connectivity index (χ3v) is 20.1. The van der Waals surface area contributed by atoms with E-state index in [2.05, 4.69) is 125 Å². The van der Waals surface area contributed by atoms with Gasteiger partial charge in [-0.1, -0.05) is 146 Å². The molecule has 6 aromatic carbocycles. The Morgan fingerprint density at radius 2 is 0.784 bits per heavy atom. The molecule has 4 fully saturated rings. The molecule has 2 aromatic heterocycles. The molecule has 0 spiro atoms. The Morgan fingerprint density at radius 3 is 1.16 bits per heavy atom. The maximum Gasteiger partial charge on any atom is 0.306 e. The van der Waals surface area contributed by atoms with E-state index in [1.165, 1.54) is 35.1 Å². The molecule has 15 nitrogen and oxygen atoms in total. The van der Waals surface area contributed by atoms with Gasteiger partial charge >= 0.3 is 5.97 Å². The molecule has 15 heteroatoms. The molecule has 2 atom stereocenters. The molecule has 4 saturated heterocycles. The van der Waals surface area contributed by atoms with Gasteiger partial charge in [-0.3, -0.25) is 39.2 Å². The fourth-order valence-corrected chi connectivity index (χ4v) is 14.5. The van der Waals surface area contributed by atoms with Crippen LogP contribution in [0.1, 0.15) is 99.3 Å². The number of amides is 1. The standard InChI is InChI=1S/C41H52N4O3.C21H30N4O2.C20H24O2/c46-37(32-48-40-21-24-42-39-20-8-7-19-38(39)40)31-43-27-29-44(30-28-43)36-22-25-45(26-23-36)41(47)35(17-9-15-33-11-3-1-4-12-33)18-10-16-34-13-5-2-6-14-34;26-18(16-27-21-7-10-23-20-4-2-1-3-19(20)21)15-24-11-13-25(14-12-24)17-5-8-22-9-6-17;21-20(22)19(15-7-13-17-9-3-1-4-10-17)16-8-14-18-11-5-2-6-12-18/h1-8,11-14,19-21,24,35-37,46H,9-10,15-18,22-23,25-32H2;1-4,7,10,17-18,22,26H,5-6,8-9,11-16H2;1-6,9-12,19H,7-8,13-16H2,(H,21,22)/t37-;18-;/m11./s1. The van der Waals surface area contributed by atoms with Gasteiger partial charge in [0.25, 0.3) is 0 Å². The average Bonchev–Trinajstić information content (AvgIpc) is 1.11. The summed E-state index contributed by atoms with van der Waals surface area (Å²) in [4.78, 5) is 46.1. The Kier molecular flexibility index (Phi) is 29.5. The van der Waals surface area contributed by atoms with E-state index in [1.807, 2.05) is 97.1 Å². The van der Waals surface area contributed by atoms with E-state index < -0.39 is 18.2 Å². The van der Waals surface area contributed by atoms with Crippen molar-refractivity contribution in [3.63, 3.8) is 0 Å². The van der Waals surface area contributed by atoms with Crippen LogP contribution in [-0.4, -0.2) is 191 Å². The van der Waals surface area contributed by atoms with Gasteiger partial charge in [-0.2, -0.15) is 0 Å². The molecule has 0 radical (unpaired) electrons. The number of carbonyl (C=O) groups excluding carboxylic acids is 1. The van der Waals surface area contributed by atoms with E-state index in [0.717, 1.165) is 208 Å². The molecule has 6 heterocycles. The molecule has 4 aliphatic rings. The highest BCUT2D eigenvalue weighted by atomic mass is 16.5. The fourth-order valence-electron chi connectivity index (χ4n) is 14.5. The Bertz CT molecular complexity index is 3410. The van der Waals surface area contributed by atoms with Crippen molar-refractivity contribution in [2.24, 2.45) is 11.8 Å². The molecule has 4 aliphatic heterocycles. The van der Waals surface area contributed by atoms with Crippen molar-refractivity contribution in [1.82, 2.24) is 39.8 Å². The van der Waals surface area contributed by atoms with Crippen LogP contribution in [0.15, 0.2) is 194 Å². The minimum Gasteiger partial charge on any atom is -0.490 e. The molecule has 0 bridgehead atoms. The van der Waals surface area contributed by atoms with Crippen LogP contribution >= 0.6 is 0 Å². The number of nitrogens with one attached hydrogen (secondary N) is 1. The van der Waals surface area contributed by atoms with Crippen molar-refractivity contribution in [3.8, 4) is 11.5 Å². The lowest BCUT2D eigenvalue weighted by atomic mass is 9.91. The summed E-state index contributed by atoms with van der Waals surface area (Å²) in [6, 6.07) is 62.7. The van der Waals surface area contributed by atoms with Crippen molar-refractivity contribution >= 4 is 33.7 Å². The van der Waals surface area contributed by atoms with Crippen LogP contribution in [0.3, 0.4) is 0 Å². The number of para-hydroxylation sites is 2. The number of aromatic nitrogens is 2. The summed E-state index contributed by atoms with van der Waals surface area (Å²) < 4.78 is 11.9. The number of hydrogen-bond acceptors (Lipinski definition) is 13. The number of likely N-dealkylation sites (tertiary alicyclic amines) is 1. The summed E-state index contributed by atoms with van der Waals surface area (Å²) >= 11 is 0. The normalized spacial score (nSPS) is 16.9. The van der Waals surface area contributed by atoms with Crippen LogP contribution in [-0.2, 0) is 35.3 Å². The fraction of sp³-hybridized carbons (Fsp3) is 0.463. The maximum atomic E-state index is 13.9. The minimum absolute atomic E-state index is 0.102. The summed E-state index contributed by atoms with van der Waals surface area (Å²) in [5, 5.41) is 36.0. The average molecular weight is 1320 g/mol. The Morgan fingerprint density at radius 1 is 0.433 bits per heavy atom. The molecule has 1 amide bonds. The molecule has 4 N–H and O–H groups in total. The molecule has 0 aliphatic carbocycles. The van der Waals surface area contributed by atoms with Crippen molar-refractivity contribution in [2.45, 2.75) is 127 Å². The number of carbonyl (C=O) groups is 2. The highest BCUT2D eigenvalue weighted by molar-refractivity contribution is 5.85. The number of aliphatic hydroxyl groups excluding tert-OH is 2. The second-order valence-electron chi connectivity index (χ2n) is 27.0. The quantitative estimate of drug-likeness (QED) is 0.0336. The second kappa shape index (κ2) is 39.7. The highest BCUT2D eigenvalue weighted by Crippen LogP contribution is 2.28. The van der Waals surface area contributed by atoms with E-state index in [-0.39, 0.29) is 18.4 Å². The summed E-state index contributed by atoms with van der Waals surface area (Å²) in [5.74, 6) is 1.16. The lowest BCUT2D eigenvalue weighted by molar-refractivity contribution is -0.142. The third-order valence-electron chi connectivity index (χ3n) is 20.1. The van der Waals surface area contributed by atoms with Crippen LogP contribution in [0.2, 0.25) is 0 Å². The Balaban J connectivity index is 0.000000175. The predicted octanol–water partition coefficient (Wildman–Crippen LogP) is 12.3. The van der Waals surface area contributed by atoms with Crippen molar-refractivity contribution in [2.75, 3.05) is 105 Å². The van der Waals surface area contributed by atoms with Crippen molar-refractivity contribution < 1.29 is 34.4 Å². The number of piperazine rings is 2. The Hall–Kier alpha value is -7.60. The summed E-state index contributed by atoms with van der Waals surface area (Å²) in [7, 11) is 0. The largest absolute Gasteiger partial charge is 0.490 e. The number of β-amino-alcohol motifs (C(OH)–C–C–N with tert-alkyl or cyclic N) is 2. The van der Waals surface area contributed by atoms with Gasteiger partial charge in [0.2, 0.25) is 5.91 Å². The first-order chi connectivity index (χ1) is 47.7. The third kappa shape index (κ3) is 23.8. The first kappa shape index (κ1) is 72.2. The van der Waals surface area contributed by atoms with Crippen LogP contribution < -0.4 is 14.8 Å². The number of carboxylic acid groups (broad SMARTS) is 1. The zero-order valence-corrected chi connectivity index (χ0v) is 57.2. The number of pyridine rings is 2. The van der Waals surface area contributed by atoms with Gasteiger partial charge in [0.1, 0.15) is 36.9 Å². The van der Waals surface area contributed by atoms with E-state index in [9.17, 15) is 24.9 Å². The van der Waals surface area contributed by atoms with Gasteiger partial charge in [-0.05, 0) is 174 Å². The van der Waals surface area contributed by atoms with E-state index in [0.29, 0.717) is 31.6 Å². The van der Waals surface area contributed by atoms with Gasteiger partial charge in [-0.15, -0.1) is 0 Å². The van der Waals surface area contributed by atoms with Crippen LogP contribution in [0, 0.1) is 11.8 Å². The zero-order valence-electron chi connectivity index (χ0n) is 57.2. The number of benzene rings is 6. The SMILES string of the molecule is O=C(C(CCCc1ccccc1)CCCc1ccccc1)N1CCC(N2CCN(C[C@@H](O)COc3ccnc4ccccc34)CC2)CC1.O=C(O)C(CCCc1ccccc1)CCCc1ccccc1.O[C@@H](COc1ccnc2ccccc12)CN1CCN(C2CCNCC2)CC1. The first-order valence-electron chi connectivity index (χ1n) is 36.3. The lowest BCUT2D eigenvalue weighted by Gasteiger charge is -2.43. The monoisotopic (exact) mass is 1310 g/mol. The summed E-state index contributed by atoms with van der Waals surface area (Å²) in [6.45, 7) is 14.0. The number of carboxylic acids is 1. The van der Waals surface area contributed by atoms with Crippen molar-refractivity contribution in [3.05, 3.63) is 217 Å². The number of nitrogens with zero attached hydrogens (tertiary/aromatic N) is 7. The summed E-state index contributed by atoms with van der Waals surface area (Å²) in [6.07, 6.45) is 18.5. The van der Waals surface area contributed by atoms with Crippen LogP contribution in [0.5, 0.6) is 11.5 Å². The number of hydrogen-bond donors (Lipinski definition) is 4. The van der Waals surface area contributed by atoms with Crippen molar-refractivity contribution in [1.29, 1.82) is 0 Å². The van der Waals surface area contributed by atoms with Gasteiger partial charge in [0.05, 0.1) is 17.0 Å². The second-order valence-corrected chi connectivity index (χ2v) is 27.0. The smallest absolute Gasteiger partial charge is 0.306 e. The van der Waals surface area contributed by atoms with Gasteiger partial charge < -0.3 is 35.0 Å². The maximum absolute atomic E-state index is 13.9. The molecule has 8 aromatic rings. The minimum atomic E-state index is -0.652. The molecular formula is C82H106N8O7. The summed E-state index contributed by atoms with van der Waals surface area (Å²) in [5.41, 5.74) is 7.10. The lowest BCUT2D eigenvalue weighted by Crippen LogP contribution is -2.55. The van der Waals surface area contributed by atoms with Gasteiger partial charge in [0, 0.05) is 120 Å². The van der Waals surface area contributed by atoms with E-state index in [1.54, 1.807) is 12.4 Å². The number of fused-ring (bicyclic) bond motifs is 2. The first-order valence-corrected chi connectivity index (χ1v) is 36.3. The van der Waals surface area contributed by atoms with E-state index in [4.69, 9.17) is 9.47 Å². The van der Waals surface area contributed by atoms with E-state index >= 15 is 0 Å². The number of aliphatic carboxylic acids is 1. The molecule has 97 heavy (non-hydrogen) atoms. The van der Waals surface area contributed by atoms with Crippen LogP contribution in [0.4, 0.5) is 0 Å². The number of rotatable bonds is 30. The predicted molar refractivity (Wildman–Crippen MR) is 390 cm³/mol. The number of ether oxygens (including phenoxy) is 2. The topological polar surface area (TPSA) is 167 Å². The van der Waals surface area contributed by atoms with Crippen LogP contribution in [0.25, 0.3) is 21.8 Å². The molecule has 0 unspecified atom stereocenters. The molecule has 516 valence electrons. The molecular weight excluding hydrogens is 1210 g/mol. The molecule has 12 rings (SSSR count). The van der Waals surface area contributed by atoms with Gasteiger partial charge in [0.15, 0.2) is 0 Å². The number of aliphatic hydroxyl groups is 2. The number of aryl methyl sites for hydroxylation is 4. The van der Waals surface area contributed by atoms with Gasteiger partial charge in [-0.25, -0.2) is 0 Å². The highest BCUT2D eigenvalue weighted by Gasteiger charge is 2.33. The Labute approximate surface area is 576 Å². The zero-order chi connectivity index (χ0) is 67.1.